The molecule has 1 aromatic carbocycles. The van der Waals surface area contributed by atoms with Crippen molar-refractivity contribution in [1.82, 2.24) is 5.32 Å². The number of rotatable bonds is 5. The summed E-state index contributed by atoms with van der Waals surface area (Å²) in [5.74, 6) is 0.674. The molecule has 2 heteroatoms. The van der Waals surface area contributed by atoms with E-state index < -0.39 is 0 Å². The molecular weight excluding hydrogens is 214 g/mol. The molecule has 0 amide bonds. The van der Waals surface area contributed by atoms with Gasteiger partial charge in [0.1, 0.15) is 0 Å². The zero-order valence-electron chi connectivity index (χ0n) is 10.9. The van der Waals surface area contributed by atoms with Gasteiger partial charge in [-0.15, -0.1) is 11.8 Å². The molecule has 0 aliphatic carbocycles. The third-order valence-corrected chi connectivity index (χ3v) is 3.87. The van der Waals surface area contributed by atoms with Gasteiger partial charge in [-0.25, -0.2) is 0 Å². The molecule has 0 aliphatic heterocycles. The first-order valence-electron chi connectivity index (χ1n) is 5.94. The van der Waals surface area contributed by atoms with Crippen LogP contribution in [0.3, 0.4) is 0 Å². The van der Waals surface area contributed by atoms with Gasteiger partial charge in [0.05, 0.1) is 0 Å². The minimum atomic E-state index is 0.424. The minimum Gasteiger partial charge on any atom is -0.307 e. The molecule has 2 atom stereocenters. The molecule has 0 saturated carbocycles. The van der Waals surface area contributed by atoms with Gasteiger partial charge in [-0.3, -0.25) is 0 Å². The fourth-order valence-electron chi connectivity index (χ4n) is 1.58. The highest BCUT2D eigenvalue weighted by atomic mass is 32.2. The summed E-state index contributed by atoms with van der Waals surface area (Å²) in [6, 6.07) is 9.80. The van der Waals surface area contributed by atoms with Crippen LogP contribution in [0.25, 0.3) is 0 Å². The van der Waals surface area contributed by atoms with Crippen LogP contribution in [0.1, 0.15) is 39.3 Å². The lowest BCUT2D eigenvalue weighted by molar-refractivity contribution is 0.389. The predicted octanol–water partition coefficient (Wildman–Crippen LogP) is 4.10. The summed E-state index contributed by atoms with van der Waals surface area (Å²) < 4.78 is 0. The van der Waals surface area contributed by atoms with Gasteiger partial charge in [-0.05, 0) is 43.7 Å². The number of benzene rings is 1. The molecule has 0 radical (unpaired) electrons. The average molecular weight is 237 g/mol. The van der Waals surface area contributed by atoms with Crippen LogP contribution in [0.2, 0.25) is 0 Å². The number of thioether (sulfide) groups is 1. The summed E-state index contributed by atoms with van der Waals surface area (Å²) in [6.07, 6.45) is 2.11. The van der Waals surface area contributed by atoms with Crippen LogP contribution in [-0.4, -0.2) is 12.3 Å². The van der Waals surface area contributed by atoms with E-state index in [9.17, 15) is 0 Å². The second kappa shape index (κ2) is 6.31. The van der Waals surface area contributed by atoms with Crippen molar-refractivity contribution >= 4 is 11.8 Å². The quantitative estimate of drug-likeness (QED) is 0.774. The molecule has 1 aromatic rings. The van der Waals surface area contributed by atoms with Crippen LogP contribution in [-0.2, 0) is 0 Å². The van der Waals surface area contributed by atoms with Crippen molar-refractivity contribution in [3.05, 3.63) is 29.8 Å². The van der Waals surface area contributed by atoms with E-state index in [-0.39, 0.29) is 0 Å². The first-order chi connectivity index (χ1) is 7.54. The maximum absolute atomic E-state index is 3.63. The number of hydrogen-bond donors (Lipinski definition) is 1. The van der Waals surface area contributed by atoms with E-state index in [0.29, 0.717) is 18.0 Å². The Labute approximate surface area is 104 Å². The molecule has 1 rings (SSSR count). The fourth-order valence-corrected chi connectivity index (χ4v) is 1.98. The van der Waals surface area contributed by atoms with Crippen LogP contribution < -0.4 is 5.32 Å². The summed E-state index contributed by atoms with van der Waals surface area (Å²) in [7, 11) is 0. The minimum absolute atomic E-state index is 0.424. The Morgan fingerprint density at radius 1 is 1.00 bits per heavy atom. The highest BCUT2D eigenvalue weighted by Gasteiger charge is 2.11. The lowest BCUT2D eigenvalue weighted by Crippen LogP contribution is -2.32. The molecule has 1 N–H and O–H groups in total. The lowest BCUT2D eigenvalue weighted by atomic mass is 10.0. The van der Waals surface area contributed by atoms with E-state index >= 15 is 0 Å². The summed E-state index contributed by atoms with van der Waals surface area (Å²) in [6.45, 7) is 8.98. The Morgan fingerprint density at radius 2 is 1.56 bits per heavy atom. The van der Waals surface area contributed by atoms with Crippen LogP contribution in [0, 0.1) is 5.92 Å². The van der Waals surface area contributed by atoms with Gasteiger partial charge in [0.15, 0.2) is 0 Å². The van der Waals surface area contributed by atoms with Crippen molar-refractivity contribution in [2.45, 2.75) is 44.7 Å². The van der Waals surface area contributed by atoms with Gasteiger partial charge < -0.3 is 5.32 Å². The smallest absolute Gasteiger partial charge is 0.0294 e. The highest BCUT2D eigenvalue weighted by Crippen LogP contribution is 2.19. The number of hydrogen-bond acceptors (Lipinski definition) is 2. The molecule has 0 aromatic heterocycles. The Bertz CT molecular complexity index is 305. The fraction of sp³-hybridized carbons (Fsp3) is 0.571. The molecule has 1 nitrogen and oxygen atoms in total. The maximum Gasteiger partial charge on any atom is 0.0294 e. The molecule has 90 valence electrons. The van der Waals surface area contributed by atoms with Crippen molar-refractivity contribution in [2.24, 2.45) is 5.92 Å². The van der Waals surface area contributed by atoms with Crippen molar-refractivity contribution in [3.63, 3.8) is 0 Å². The first-order valence-corrected chi connectivity index (χ1v) is 7.17. The summed E-state index contributed by atoms with van der Waals surface area (Å²) >= 11 is 1.79. The van der Waals surface area contributed by atoms with Crippen LogP contribution in [0.4, 0.5) is 0 Å². The Morgan fingerprint density at radius 3 is 2.00 bits per heavy atom. The van der Waals surface area contributed by atoms with Crippen LogP contribution in [0.5, 0.6) is 0 Å². The lowest BCUT2D eigenvalue weighted by Gasteiger charge is -2.23. The van der Waals surface area contributed by atoms with Crippen molar-refractivity contribution in [2.75, 3.05) is 6.26 Å². The molecular formula is C14H23NS. The van der Waals surface area contributed by atoms with E-state index in [2.05, 4.69) is 63.5 Å². The summed E-state index contributed by atoms with van der Waals surface area (Å²) in [4.78, 5) is 1.33. The topological polar surface area (TPSA) is 12.0 Å². The molecule has 0 aliphatic rings. The van der Waals surface area contributed by atoms with Gasteiger partial charge in [0.25, 0.3) is 0 Å². The average Bonchev–Trinajstić information content (AvgIpc) is 2.28. The van der Waals surface area contributed by atoms with Gasteiger partial charge in [0, 0.05) is 17.0 Å². The van der Waals surface area contributed by atoms with Crippen molar-refractivity contribution in [3.8, 4) is 0 Å². The van der Waals surface area contributed by atoms with Gasteiger partial charge in [-0.1, -0.05) is 26.0 Å². The Hall–Kier alpha value is -0.470. The van der Waals surface area contributed by atoms with E-state index in [1.54, 1.807) is 11.8 Å². The standard InChI is InChI=1S/C14H23NS/c1-10(2)11(3)15-12(4)13-6-8-14(16-5)9-7-13/h6-12,15H,1-5H3. The highest BCUT2D eigenvalue weighted by molar-refractivity contribution is 7.98. The van der Waals surface area contributed by atoms with E-state index in [4.69, 9.17) is 0 Å². The first kappa shape index (κ1) is 13.6. The largest absolute Gasteiger partial charge is 0.307 e. The second-order valence-corrected chi connectivity index (χ2v) is 5.57. The van der Waals surface area contributed by atoms with Crippen molar-refractivity contribution in [1.29, 1.82) is 0 Å². The normalized spacial score (nSPS) is 15.1. The molecule has 0 heterocycles. The SMILES string of the molecule is CSc1ccc(C(C)NC(C)C(C)C)cc1. The Balaban J connectivity index is 2.62. The third-order valence-electron chi connectivity index (χ3n) is 3.13. The Kier molecular flexibility index (Phi) is 5.36. The molecule has 16 heavy (non-hydrogen) atoms. The maximum atomic E-state index is 3.63. The monoisotopic (exact) mass is 237 g/mol. The second-order valence-electron chi connectivity index (χ2n) is 4.69. The zero-order chi connectivity index (χ0) is 12.1. The molecule has 0 saturated heterocycles. The van der Waals surface area contributed by atoms with Gasteiger partial charge in [-0.2, -0.15) is 0 Å². The molecule has 2 unspecified atom stereocenters. The predicted molar refractivity (Wildman–Crippen MR) is 74.1 cm³/mol. The summed E-state index contributed by atoms with van der Waals surface area (Å²) in [5, 5.41) is 3.63. The third kappa shape index (κ3) is 3.84. The van der Waals surface area contributed by atoms with Crippen molar-refractivity contribution < 1.29 is 0 Å². The van der Waals surface area contributed by atoms with E-state index in [0.717, 1.165) is 0 Å². The molecule has 0 fully saturated rings. The number of nitrogens with one attached hydrogen (secondary N) is 1. The van der Waals surface area contributed by atoms with Crippen LogP contribution in [0.15, 0.2) is 29.2 Å². The molecule has 0 bridgehead atoms. The zero-order valence-corrected chi connectivity index (χ0v) is 11.8. The molecule has 0 spiro atoms. The van der Waals surface area contributed by atoms with E-state index in [1.165, 1.54) is 10.5 Å². The van der Waals surface area contributed by atoms with Gasteiger partial charge >= 0.3 is 0 Å². The van der Waals surface area contributed by atoms with E-state index in [1.807, 2.05) is 0 Å². The van der Waals surface area contributed by atoms with Gasteiger partial charge in [0.2, 0.25) is 0 Å². The summed E-state index contributed by atoms with van der Waals surface area (Å²) in [5.41, 5.74) is 1.37. The van der Waals surface area contributed by atoms with Crippen LogP contribution >= 0.6 is 11.8 Å².